The summed E-state index contributed by atoms with van der Waals surface area (Å²) in [7, 11) is 0. The highest BCUT2D eigenvalue weighted by molar-refractivity contribution is 7.07. The fourth-order valence-electron chi connectivity index (χ4n) is 1.56. The molecule has 0 bridgehead atoms. The predicted octanol–water partition coefficient (Wildman–Crippen LogP) is 2.40. The molecule has 0 aliphatic carbocycles. The SMILES string of the molecule is Cc1cc(C(Cc2ccsc2)NN)co1. The Hall–Kier alpha value is -1.10. The second-order valence-electron chi connectivity index (χ2n) is 3.55. The van der Waals surface area contributed by atoms with E-state index in [2.05, 4.69) is 22.3 Å². The van der Waals surface area contributed by atoms with Gasteiger partial charge in [-0.2, -0.15) is 11.3 Å². The molecule has 0 aromatic carbocycles. The van der Waals surface area contributed by atoms with Gasteiger partial charge in [0.05, 0.1) is 12.3 Å². The maximum Gasteiger partial charge on any atom is 0.101 e. The summed E-state index contributed by atoms with van der Waals surface area (Å²) in [5.74, 6) is 6.45. The number of furan rings is 1. The molecule has 4 heteroatoms. The van der Waals surface area contributed by atoms with Crippen LogP contribution in [0.15, 0.2) is 33.6 Å². The van der Waals surface area contributed by atoms with Gasteiger partial charge in [-0.1, -0.05) is 0 Å². The van der Waals surface area contributed by atoms with E-state index >= 15 is 0 Å². The van der Waals surface area contributed by atoms with Crippen LogP contribution in [0.2, 0.25) is 0 Å². The van der Waals surface area contributed by atoms with Crippen LogP contribution in [0.4, 0.5) is 0 Å². The molecule has 0 aliphatic heterocycles. The van der Waals surface area contributed by atoms with Crippen LogP contribution in [0.25, 0.3) is 0 Å². The number of hydrogen-bond donors (Lipinski definition) is 2. The molecule has 0 spiro atoms. The lowest BCUT2D eigenvalue weighted by molar-refractivity contribution is 0.512. The molecule has 0 aliphatic rings. The van der Waals surface area contributed by atoms with Crippen LogP contribution in [0, 0.1) is 6.92 Å². The first-order chi connectivity index (χ1) is 7.29. The van der Waals surface area contributed by atoms with Gasteiger partial charge in [0.2, 0.25) is 0 Å². The Labute approximate surface area is 92.9 Å². The van der Waals surface area contributed by atoms with Crippen molar-refractivity contribution in [2.45, 2.75) is 19.4 Å². The number of nitrogens with two attached hydrogens (primary N) is 1. The van der Waals surface area contributed by atoms with Crippen LogP contribution in [0.3, 0.4) is 0 Å². The number of hydrazine groups is 1. The number of hydrogen-bond acceptors (Lipinski definition) is 4. The first-order valence-electron chi connectivity index (χ1n) is 4.82. The van der Waals surface area contributed by atoms with Crippen molar-refractivity contribution in [1.29, 1.82) is 0 Å². The second-order valence-corrected chi connectivity index (χ2v) is 4.33. The largest absolute Gasteiger partial charge is 0.469 e. The third-order valence-corrected chi connectivity index (χ3v) is 3.11. The van der Waals surface area contributed by atoms with Crippen LogP contribution < -0.4 is 11.3 Å². The van der Waals surface area contributed by atoms with E-state index in [1.54, 1.807) is 17.6 Å². The van der Waals surface area contributed by atoms with Crippen LogP contribution in [0.1, 0.15) is 22.9 Å². The molecule has 1 atom stereocenters. The summed E-state index contributed by atoms with van der Waals surface area (Å²) >= 11 is 1.70. The van der Waals surface area contributed by atoms with E-state index in [-0.39, 0.29) is 6.04 Å². The number of nitrogens with one attached hydrogen (secondary N) is 1. The van der Waals surface area contributed by atoms with Crippen molar-refractivity contribution in [2.75, 3.05) is 0 Å². The second kappa shape index (κ2) is 4.61. The smallest absolute Gasteiger partial charge is 0.101 e. The Balaban J connectivity index is 2.11. The van der Waals surface area contributed by atoms with Crippen LogP contribution in [0.5, 0.6) is 0 Å². The molecule has 0 saturated carbocycles. The van der Waals surface area contributed by atoms with Gasteiger partial charge in [-0.05, 0) is 41.8 Å². The summed E-state index contributed by atoms with van der Waals surface area (Å²) in [4.78, 5) is 0. The van der Waals surface area contributed by atoms with E-state index < -0.39 is 0 Å². The van der Waals surface area contributed by atoms with Gasteiger partial charge < -0.3 is 4.42 Å². The molecule has 80 valence electrons. The van der Waals surface area contributed by atoms with Crippen molar-refractivity contribution in [2.24, 2.45) is 5.84 Å². The number of rotatable bonds is 4. The summed E-state index contributed by atoms with van der Waals surface area (Å²) < 4.78 is 5.27. The van der Waals surface area contributed by atoms with Gasteiger partial charge in [0.1, 0.15) is 5.76 Å². The zero-order valence-electron chi connectivity index (χ0n) is 8.57. The monoisotopic (exact) mass is 222 g/mol. The van der Waals surface area contributed by atoms with Gasteiger partial charge in [-0.15, -0.1) is 0 Å². The highest BCUT2D eigenvalue weighted by Gasteiger charge is 2.12. The molecular formula is C11H14N2OS. The minimum absolute atomic E-state index is 0.122. The summed E-state index contributed by atoms with van der Waals surface area (Å²) in [5.41, 5.74) is 5.21. The van der Waals surface area contributed by atoms with E-state index in [1.165, 1.54) is 5.56 Å². The van der Waals surface area contributed by atoms with Crippen LogP contribution >= 0.6 is 11.3 Å². The van der Waals surface area contributed by atoms with Crippen molar-refractivity contribution < 1.29 is 4.42 Å². The molecule has 2 aromatic rings. The van der Waals surface area contributed by atoms with Gasteiger partial charge in [0, 0.05) is 5.56 Å². The van der Waals surface area contributed by atoms with E-state index in [4.69, 9.17) is 10.3 Å². The average molecular weight is 222 g/mol. The quantitative estimate of drug-likeness (QED) is 0.617. The minimum Gasteiger partial charge on any atom is -0.469 e. The molecule has 2 heterocycles. The number of thiophene rings is 1. The zero-order valence-corrected chi connectivity index (χ0v) is 9.38. The Bertz CT molecular complexity index is 408. The molecule has 0 radical (unpaired) electrons. The Morgan fingerprint density at radius 3 is 3.00 bits per heavy atom. The molecule has 0 saturated heterocycles. The summed E-state index contributed by atoms with van der Waals surface area (Å²) in [6, 6.07) is 4.25. The van der Waals surface area contributed by atoms with Crippen molar-refractivity contribution in [1.82, 2.24) is 5.43 Å². The highest BCUT2D eigenvalue weighted by Crippen LogP contribution is 2.21. The zero-order chi connectivity index (χ0) is 10.7. The molecule has 3 nitrogen and oxygen atoms in total. The van der Waals surface area contributed by atoms with Gasteiger partial charge in [-0.25, -0.2) is 0 Å². The molecule has 2 rings (SSSR count). The molecule has 1 unspecified atom stereocenters. The molecule has 0 fully saturated rings. The molecule has 15 heavy (non-hydrogen) atoms. The maximum absolute atomic E-state index is 5.54. The third-order valence-electron chi connectivity index (χ3n) is 2.37. The van der Waals surface area contributed by atoms with Gasteiger partial charge in [0.25, 0.3) is 0 Å². The van der Waals surface area contributed by atoms with Crippen molar-refractivity contribution >= 4 is 11.3 Å². The topological polar surface area (TPSA) is 51.2 Å². The first-order valence-corrected chi connectivity index (χ1v) is 5.76. The van der Waals surface area contributed by atoms with E-state index in [0.29, 0.717) is 0 Å². The van der Waals surface area contributed by atoms with Crippen LogP contribution in [-0.4, -0.2) is 0 Å². The Kier molecular flexibility index (Phi) is 3.20. The standard InChI is InChI=1S/C11H14N2OS/c1-8-4-10(6-14-8)11(13-12)5-9-2-3-15-7-9/h2-4,6-7,11,13H,5,12H2,1H3. The summed E-state index contributed by atoms with van der Waals surface area (Å²) in [6.07, 6.45) is 2.64. The third kappa shape index (κ3) is 2.47. The van der Waals surface area contributed by atoms with E-state index in [9.17, 15) is 0 Å². The summed E-state index contributed by atoms with van der Waals surface area (Å²) in [5, 5.41) is 4.21. The fourth-order valence-corrected chi connectivity index (χ4v) is 2.25. The molecule has 0 amide bonds. The minimum atomic E-state index is 0.122. The first kappa shape index (κ1) is 10.4. The Morgan fingerprint density at radius 1 is 1.60 bits per heavy atom. The van der Waals surface area contributed by atoms with E-state index in [0.717, 1.165) is 17.7 Å². The lowest BCUT2D eigenvalue weighted by Gasteiger charge is -2.12. The lowest BCUT2D eigenvalue weighted by atomic mass is 10.0. The maximum atomic E-state index is 5.54. The average Bonchev–Trinajstić information content (AvgIpc) is 2.85. The lowest BCUT2D eigenvalue weighted by Crippen LogP contribution is -2.29. The van der Waals surface area contributed by atoms with Gasteiger partial charge >= 0.3 is 0 Å². The molecular weight excluding hydrogens is 208 g/mol. The van der Waals surface area contributed by atoms with E-state index in [1.807, 2.05) is 13.0 Å². The van der Waals surface area contributed by atoms with Crippen molar-refractivity contribution in [3.8, 4) is 0 Å². The van der Waals surface area contributed by atoms with Gasteiger partial charge in [-0.3, -0.25) is 11.3 Å². The predicted molar refractivity (Wildman–Crippen MR) is 61.5 cm³/mol. The highest BCUT2D eigenvalue weighted by atomic mass is 32.1. The van der Waals surface area contributed by atoms with Crippen molar-refractivity contribution in [3.05, 3.63) is 46.0 Å². The molecule has 2 aromatic heterocycles. The fraction of sp³-hybridized carbons (Fsp3) is 0.273. The Morgan fingerprint density at radius 2 is 2.47 bits per heavy atom. The van der Waals surface area contributed by atoms with Crippen molar-refractivity contribution in [3.63, 3.8) is 0 Å². The summed E-state index contributed by atoms with van der Waals surface area (Å²) in [6.45, 7) is 1.93. The van der Waals surface area contributed by atoms with Crippen LogP contribution in [-0.2, 0) is 6.42 Å². The number of aryl methyl sites for hydroxylation is 1. The normalized spacial score (nSPS) is 12.9. The molecule has 3 N–H and O–H groups in total. The van der Waals surface area contributed by atoms with Gasteiger partial charge in [0.15, 0.2) is 0 Å².